The van der Waals surface area contributed by atoms with Gasteiger partial charge in [-0.1, -0.05) is 66.7 Å². The second kappa shape index (κ2) is 10.2. The topological polar surface area (TPSA) is 84.5 Å². The molecule has 0 saturated carbocycles. The average Bonchev–Trinajstić information content (AvgIpc) is 3.30. The highest BCUT2D eigenvalue weighted by atomic mass is 32.1. The van der Waals surface area contributed by atoms with Crippen molar-refractivity contribution in [2.75, 3.05) is 13.1 Å². The largest absolute Gasteiger partial charge is 0.451 e. The van der Waals surface area contributed by atoms with Crippen molar-refractivity contribution < 1.29 is 19.1 Å². The Balaban J connectivity index is 1.52. The first-order valence-corrected chi connectivity index (χ1v) is 9.89. The Morgan fingerprint density at radius 1 is 0.793 bits per heavy atom. The molecule has 0 fully saturated rings. The average molecular weight is 408 g/mol. The molecule has 0 aliphatic heterocycles. The Kier molecular flexibility index (Phi) is 7.13. The van der Waals surface area contributed by atoms with Gasteiger partial charge in [-0.3, -0.25) is 14.4 Å². The third-order valence-corrected chi connectivity index (χ3v) is 4.91. The molecule has 0 spiro atoms. The SMILES string of the molecule is O=C(CNC(=O)c1cccs1)NCC(=O)OC(c1ccccc1)c1ccccc1. The first-order chi connectivity index (χ1) is 14.1. The lowest BCUT2D eigenvalue weighted by atomic mass is 10.0. The maximum atomic E-state index is 12.3. The number of ether oxygens (including phenoxy) is 1. The summed E-state index contributed by atoms with van der Waals surface area (Å²) in [6.07, 6.45) is -0.569. The van der Waals surface area contributed by atoms with Crippen molar-refractivity contribution in [3.8, 4) is 0 Å². The minimum Gasteiger partial charge on any atom is -0.451 e. The highest BCUT2D eigenvalue weighted by Gasteiger charge is 2.19. The third kappa shape index (κ3) is 6.02. The Hall–Kier alpha value is -3.45. The van der Waals surface area contributed by atoms with Gasteiger partial charge in [-0.25, -0.2) is 0 Å². The number of benzene rings is 2. The molecule has 29 heavy (non-hydrogen) atoms. The number of hydrogen-bond acceptors (Lipinski definition) is 5. The van der Waals surface area contributed by atoms with Crippen molar-refractivity contribution in [3.63, 3.8) is 0 Å². The maximum Gasteiger partial charge on any atom is 0.326 e. The van der Waals surface area contributed by atoms with E-state index in [4.69, 9.17) is 4.74 Å². The van der Waals surface area contributed by atoms with Gasteiger partial charge in [-0.15, -0.1) is 11.3 Å². The Labute approximate surface area is 172 Å². The number of rotatable bonds is 8. The molecule has 6 nitrogen and oxygen atoms in total. The zero-order chi connectivity index (χ0) is 20.5. The predicted molar refractivity (Wildman–Crippen MR) is 110 cm³/mol. The van der Waals surface area contributed by atoms with Gasteiger partial charge < -0.3 is 15.4 Å². The van der Waals surface area contributed by atoms with Gasteiger partial charge in [0.2, 0.25) is 5.91 Å². The fourth-order valence-corrected chi connectivity index (χ4v) is 3.29. The van der Waals surface area contributed by atoms with Crippen LogP contribution >= 0.6 is 11.3 Å². The van der Waals surface area contributed by atoms with E-state index in [1.807, 2.05) is 60.7 Å². The molecule has 0 aliphatic rings. The number of thiophene rings is 1. The summed E-state index contributed by atoms with van der Waals surface area (Å²) in [5.41, 5.74) is 1.67. The van der Waals surface area contributed by atoms with Crippen LogP contribution in [0.2, 0.25) is 0 Å². The van der Waals surface area contributed by atoms with Crippen LogP contribution in [0.1, 0.15) is 26.9 Å². The zero-order valence-electron chi connectivity index (χ0n) is 15.5. The molecule has 1 heterocycles. The number of carbonyl (C=O) groups excluding carboxylic acids is 3. The summed E-state index contributed by atoms with van der Waals surface area (Å²) in [6, 6.07) is 22.2. The molecule has 0 radical (unpaired) electrons. The van der Waals surface area contributed by atoms with Crippen molar-refractivity contribution in [2.24, 2.45) is 0 Å². The molecule has 2 amide bonds. The molecule has 7 heteroatoms. The van der Waals surface area contributed by atoms with Crippen LogP contribution in [-0.4, -0.2) is 30.9 Å². The van der Waals surface area contributed by atoms with E-state index in [0.717, 1.165) is 11.1 Å². The monoisotopic (exact) mass is 408 g/mol. The molecular weight excluding hydrogens is 388 g/mol. The summed E-state index contributed by atoms with van der Waals surface area (Å²) in [5.74, 6) is -1.37. The van der Waals surface area contributed by atoms with Crippen molar-refractivity contribution in [3.05, 3.63) is 94.2 Å². The zero-order valence-corrected chi connectivity index (χ0v) is 16.4. The number of amides is 2. The fourth-order valence-electron chi connectivity index (χ4n) is 2.65. The van der Waals surface area contributed by atoms with Gasteiger partial charge in [0.1, 0.15) is 6.54 Å². The lowest BCUT2D eigenvalue weighted by molar-refractivity contribution is -0.147. The first-order valence-electron chi connectivity index (χ1n) is 9.01. The van der Waals surface area contributed by atoms with Crippen LogP contribution < -0.4 is 10.6 Å². The number of carbonyl (C=O) groups is 3. The Morgan fingerprint density at radius 2 is 1.41 bits per heavy atom. The molecule has 148 valence electrons. The van der Waals surface area contributed by atoms with Crippen LogP contribution in [-0.2, 0) is 14.3 Å². The standard InChI is InChI=1S/C22H20N2O4S/c25-19(14-24-22(27)18-12-7-13-29-18)23-15-20(26)28-21(16-8-3-1-4-9-16)17-10-5-2-6-11-17/h1-13,21H,14-15H2,(H,23,25)(H,24,27). The van der Waals surface area contributed by atoms with Gasteiger partial charge in [-0.2, -0.15) is 0 Å². The van der Waals surface area contributed by atoms with Crippen LogP contribution in [0.25, 0.3) is 0 Å². The Morgan fingerprint density at radius 3 is 1.97 bits per heavy atom. The van der Waals surface area contributed by atoms with Crippen molar-refractivity contribution in [2.45, 2.75) is 6.10 Å². The van der Waals surface area contributed by atoms with Crippen LogP contribution in [0.15, 0.2) is 78.2 Å². The van der Waals surface area contributed by atoms with Gasteiger partial charge in [0.25, 0.3) is 5.91 Å². The lowest BCUT2D eigenvalue weighted by Gasteiger charge is -2.19. The molecule has 1 aromatic heterocycles. The van der Waals surface area contributed by atoms with Crippen molar-refractivity contribution in [1.29, 1.82) is 0 Å². The summed E-state index contributed by atoms with van der Waals surface area (Å²) < 4.78 is 5.62. The van der Waals surface area contributed by atoms with Crippen LogP contribution in [0.4, 0.5) is 0 Å². The van der Waals surface area contributed by atoms with E-state index < -0.39 is 18.0 Å². The summed E-state index contributed by atoms with van der Waals surface area (Å²) in [5, 5.41) is 6.75. The van der Waals surface area contributed by atoms with E-state index in [1.54, 1.807) is 17.5 Å². The number of hydrogen-bond donors (Lipinski definition) is 2. The predicted octanol–water partition coefficient (Wildman–Crippen LogP) is 2.93. The summed E-state index contributed by atoms with van der Waals surface area (Å²) >= 11 is 1.29. The van der Waals surface area contributed by atoms with Crippen molar-refractivity contribution >= 4 is 29.1 Å². The minimum atomic E-state index is -0.569. The highest BCUT2D eigenvalue weighted by molar-refractivity contribution is 7.12. The van der Waals surface area contributed by atoms with Gasteiger partial charge in [0, 0.05) is 0 Å². The summed E-state index contributed by atoms with van der Waals surface area (Å²) in [4.78, 5) is 36.6. The van der Waals surface area contributed by atoms with Crippen LogP contribution in [0.3, 0.4) is 0 Å². The fraction of sp³-hybridized carbons (Fsp3) is 0.136. The van der Waals surface area contributed by atoms with Crippen LogP contribution in [0, 0.1) is 0 Å². The molecule has 0 saturated heterocycles. The maximum absolute atomic E-state index is 12.3. The van der Waals surface area contributed by atoms with E-state index in [1.165, 1.54) is 11.3 Å². The smallest absolute Gasteiger partial charge is 0.326 e. The highest BCUT2D eigenvalue weighted by Crippen LogP contribution is 2.25. The van der Waals surface area contributed by atoms with E-state index in [2.05, 4.69) is 10.6 Å². The molecule has 2 aromatic carbocycles. The third-order valence-electron chi connectivity index (χ3n) is 4.04. The normalized spacial score (nSPS) is 10.4. The van der Waals surface area contributed by atoms with Crippen LogP contribution in [0.5, 0.6) is 0 Å². The molecule has 3 rings (SSSR count). The number of nitrogens with one attached hydrogen (secondary N) is 2. The van der Waals surface area contributed by atoms with E-state index in [0.29, 0.717) is 4.88 Å². The van der Waals surface area contributed by atoms with Gasteiger partial charge in [-0.05, 0) is 22.6 Å². The molecule has 3 aromatic rings. The summed E-state index contributed by atoms with van der Waals surface area (Å²) in [7, 11) is 0. The summed E-state index contributed by atoms with van der Waals surface area (Å²) in [6.45, 7) is -0.505. The Bertz CT molecular complexity index is 904. The second-order valence-corrected chi connectivity index (χ2v) is 7.08. The van der Waals surface area contributed by atoms with Gasteiger partial charge in [0.05, 0.1) is 11.4 Å². The van der Waals surface area contributed by atoms with Gasteiger partial charge >= 0.3 is 5.97 Å². The second-order valence-electron chi connectivity index (χ2n) is 6.13. The van der Waals surface area contributed by atoms with E-state index >= 15 is 0 Å². The first kappa shape index (κ1) is 20.3. The molecule has 0 bridgehead atoms. The molecule has 0 atom stereocenters. The molecular formula is C22H20N2O4S. The number of esters is 1. The van der Waals surface area contributed by atoms with Crippen molar-refractivity contribution in [1.82, 2.24) is 10.6 Å². The van der Waals surface area contributed by atoms with Gasteiger partial charge in [0.15, 0.2) is 6.10 Å². The molecule has 0 aliphatic carbocycles. The molecule has 0 unspecified atom stereocenters. The lowest BCUT2D eigenvalue weighted by Crippen LogP contribution is -2.39. The van der Waals surface area contributed by atoms with E-state index in [9.17, 15) is 14.4 Å². The minimum absolute atomic E-state index is 0.217. The molecule has 2 N–H and O–H groups in total. The quantitative estimate of drug-likeness (QED) is 0.562. The van der Waals surface area contributed by atoms with E-state index in [-0.39, 0.29) is 19.0 Å².